The third-order valence-electron chi connectivity index (χ3n) is 3.67. The van der Waals surface area contributed by atoms with Crippen molar-refractivity contribution in [2.45, 2.75) is 26.4 Å². The fourth-order valence-corrected chi connectivity index (χ4v) is 2.54. The number of carbonyl (C=O) groups excluding carboxylic acids is 2. The van der Waals surface area contributed by atoms with Gasteiger partial charge in [-0.15, -0.1) is 0 Å². The summed E-state index contributed by atoms with van der Waals surface area (Å²) < 4.78 is 10.8. The first kappa shape index (κ1) is 17.7. The van der Waals surface area contributed by atoms with Gasteiger partial charge in [0.25, 0.3) is 5.91 Å². The predicted molar refractivity (Wildman–Crippen MR) is 101 cm³/mol. The van der Waals surface area contributed by atoms with Crippen LogP contribution >= 0.6 is 0 Å². The van der Waals surface area contributed by atoms with Gasteiger partial charge in [-0.1, -0.05) is 48.6 Å². The molecule has 0 bridgehead atoms. The van der Waals surface area contributed by atoms with E-state index < -0.39 is 17.6 Å². The Bertz CT molecular complexity index is 850. The zero-order valence-electron chi connectivity index (χ0n) is 15.1. The van der Waals surface area contributed by atoms with Gasteiger partial charge in [-0.3, -0.25) is 4.79 Å². The van der Waals surface area contributed by atoms with Gasteiger partial charge in [0.05, 0.1) is 5.69 Å². The Morgan fingerprint density at radius 2 is 1.77 bits per heavy atom. The summed E-state index contributed by atoms with van der Waals surface area (Å²) in [4.78, 5) is 25.8. The van der Waals surface area contributed by atoms with Crippen LogP contribution in [0.15, 0.2) is 48.5 Å². The van der Waals surface area contributed by atoms with Crippen molar-refractivity contribution < 1.29 is 19.1 Å². The summed E-state index contributed by atoms with van der Waals surface area (Å²) in [6.07, 6.45) is 3.18. The molecule has 0 fully saturated rings. The zero-order chi connectivity index (χ0) is 18.7. The van der Waals surface area contributed by atoms with E-state index in [0.29, 0.717) is 11.4 Å². The summed E-state index contributed by atoms with van der Waals surface area (Å²) in [5, 5.41) is 0. The van der Waals surface area contributed by atoms with Gasteiger partial charge < -0.3 is 9.47 Å². The van der Waals surface area contributed by atoms with Gasteiger partial charge in [0.2, 0.25) is 0 Å². The Labute approximate surface area is 152 Å². The van der Waals surface area contributed by atoms with Crippen molar-refractivity contribution in [3.05, 3.63) is 59.7 Å². The molecule has 0 aliphatic carbocycles. The molecule has 3 rings (SSSR count). The number of fused-ring (bicyclic) bond motifs is 1. The first-order chi connectivity index (χ1) is 12.3. The molecule has 0 spiro atoms. The van der Waals surface area contributed by atoms with Gasteiger partial charge in [-0.05, 0) is 44.0 Å². The van der Waals surface area contributed by atoms with Crippen molar-refractivity contribution in [2.24, 2.45) is 0 Å². The quantitative estimate of drug-likeness (QED) is 0.747. The Balaban J connectivity index is 1.91. The fourth-order valence-electron chi connectivity index (χ4n) is 2.54. The van der Waals surface area contributed by atoms with Crippen LogP contribution in [0.1, 0.15) is 31.9 Å². The van der Waals surface area contributed by atoms with Crippen LogP contribution in [-0.4, -0.2) is 24.2 Å². The zero-order valence-corrected chi connectivity index (χ0v) is 15.1. The van der Waals surface area contributed by atoms with E-state index in [1.165, 1.54) is 0 Å². The number of anilines is 1. The van der Waals surface area contributed by atoms with Gasteiger partial charge in [0.1, 0.15) is 11.4 Å². The monoisotopic (exact) mass is 351 g/mol. The van der Waals surface area contributed by atoms with Crippen molar-refractivity contribution >= 4 is 29.8 Å². The molecule has 1 aliphatic heterocycles. The van der Waals surface area contributed by atoms with E-state index in [2.05, 4.69) is 0 Å². The highest BCUT2D eigenvalue weighted by Crippen LogP contribution is 2.34. The molecule has 0 saturated carbocycles. The number of hydrogen-bond acceptors (Lipinski definition) is 4. The van der Waals surface area contributed by atoms with Crippen molar-refractivity contribution in [1.82, 2.24) is 0 Å². The lowest BCUT2D eigenvalue weighted by Crippen LogP contribution is -2.45. The minimum Gasteiger partial charge on any atom is -0.482 e. The van der Waals surface area contributed by atoms with Crippen LogP contribution in [0.5, 0.6) is 5.75 Å². The molecule has 2 aromatic carbocycles. The Morgan fingerprint density at radius 1 is 1.08 bits per heavy atom. The van der Waals surface area contributed by atoms with Gasteiger partial charge in [-0.2, -0.15) is 0 Å². The summed E-state index contributed by atoms with van der Waals surface area (Å²) in [6, 6.07) is 15.2. The second kappa shape index (κ2) is 7.04. The summed E-state index contributed by atoms with van der Waals surface area (Å²) in [5.74, 6) is 0.0308. The van der Waals surface area contributed by atoms with Crippen LogP contribution in [0, 0.1) is 0 Å². The second-order valence-corrected chi connectivity index (χ2v) is 6.97. The molecule has 5 heteroatoms. The van der Waals surface area contributed by atoms with Crippen LogP contribution in [0.3, 0.4) is 0 Å². The maximum Gasteiger partial charge on any atom is 0.421 e. The number of benzene rings is 2. The van der Waals surface area contributed by atoms with Crippen LogP contribution in [0.2, 0.25) is 0 Å². The summed E-state index contributed by atoms with van der Waals surface area (Å²) in [5.41, 5.74) is 1.60. The number of hydrogen-bond donors (Lipinski definition) is 0. The molecule has 0 N–H and O–H groups in total. The lowest BCUT2D eigenvalue weighted by Gasteiger charge is -2.30. The third-order valence-corrected chi connectivity index (χ3v) is 3.67. The molecule has 0 radical (unpaired) electrons. The van der Waals surface area contributed by atoms with Crippen molar-refractivity contribution in [1.29, 1.82) is 0 Å². The number of imide groups is 1. The molecule has 5 nitrogen and oxygen atoms in total. The molecule has 1 aliphatic rings. The van der Waals surface area contributed by atoms with Crippen LogP contribution < -0.4 is 9.64 Å². The van der Waals surface area contributed by atoms with Crippen molar-refractivity contribution in [2.75, 3.05) is 11.5 Å². The highest BCUT2D eigenvalue weighted by Gasteiger charge is 2.34. The molecule has 1 heterocycles. The lowest BCUT2D eigenvalue weighted by atomic mass is 10.1. The van der Waals surface area contributed by atoms with Crippen LogP contribution in [0.4, 0.5) is 10.5 Å². The normalized spacial score (nSPS) is 14.1. The predicted octanol–water partition coefficient (Wildman–Crippen LogP) is 4.52. The SMILES string of the molecule is CC(C)(C)OC(=O)N1C(=O)COc2ccc(C=Cc3ccccc3)cc21. The number of amides is 2. The molecular formula is C21H21NO4. The number of rotatable bonds is 2. The average molecular weight is 351 g/mol. The van der Waals surface area contributed by atoms with Crippen molar-refractivity contribution in [3.63, 3.8) is 0 Å². The molecule has 0 saturated heterocycles. The van der Waals surface area contributed by atoms with E-state index in [-0.39, 0.29) is 6.61 Å². The lowest BCUT2D eigenvalue weighted by molar-refractivity contribution is -0.121. The Hall–Kier alpha value is -3.08. The Morgan fingerprint density at radius 3 is 2.46 bits per heavy atom. The molecule has 2 amide bonds. The van der Waals surface area contributed by atoms with Crippen molar-refractivity contribution in [3.8, 4) is 5.75 Å². The second-order valence-electron chi connectivity index (χ2n) is 6.97. The molecule has 0 atom stereocenters. The minimum atomic E-state index is -0.698. The van der Waals surface area contributed by atoms with E-state index in [1.807, 2.05) is 48.6 Å². The maximum atomic E-state index is 12.5. The smallest absolute Gasteiger partial charge is 0.421 e. The third kappa shape index (κ3) is 4.11. The van der Waals surface area contributed by atoms with Crippen LogP contribution in [-0.2, 0) is 9.53 Å². The van der Waals surface area contributed by atoms with Gasteiger partial charge >= 0.3 is 6.09 Å². The van der Waals surface area contributed by atoms with Gasteiger partial charge in [0.15, 0.2) is 6.61 Å². The van der Waals surface area contributed by atoms with Gasteiger partial charge in [-0.25, -0.2) is 9.69 Å². The first-order valence-electron chi connectivity index (χ1n) is 8.39. The topological polar surface area (TPSA) is 55.8 Å². The molecule has 134 valence electrons. The van der Waals surface area contributed by atoms with Crippen LogP contribution in [0.25, 0.3) is 12.2 Å². The molecule has 0 aromatic heterocycles. The fraction of sp³-hybridized carbons (Fsp3) is 0.238. The van der Waals surface area contributed by atoms with Gasteiger partial charge in [0, 0.05) is 0 Å². The molecule has 0 unspecified atom stereocenters. The molecule has 2 aromatic rings. The highest BCUT2D eigenvalue weighted by molar-refractivity contribution is 6.15. The van der Waals surface area contributed by atoms with E-state index in [0.717, 1.165) is 16.0 Å². The highest BCUT2D eigenvalue weighted by atomic mass is 16.6. The molecular weight excluding hydrogens is 330 g/mol. The van der Waals surface area contributed by atoms with E-state index >= 15 is 0 Å². The summed E-state index contributed by atoms with van der Waals surface area (Å²) in [6.45, 7) is 5.09. The first-order valence-corrected chi connectivity index (χ1v) is 8.39. The molecule has 26 heavy (non-hydrogen) atoms. The van der Waals surface area contributed by atoms with E-state index in [9.17, 15) is 9.59 Å². The maximum absolute atomic E-state index is 12.5. The largest absolute Gasteiger partial charge is 0.482 e. The summed E-state index contributed by atoms with van der Waals surface area (Å²) in [7, 11) is 0. The standard InChI is InChI=1S/C21H21NO4/c1-21(2,3)26-20(24)22-17-13-16(10-9-15-7-5-4-6-8-15)11-12-18(17)25-14-19(22)23/h4-13H,14H2,1-3H3. The Kier molecular flexibility index (Phi) is 4.80. The number of carbonyl (C=O) groups is 2. The summed E-state index contributed by atoms with van der Waals surface area (Å²) >= 11 is 0. The number of ether oxygens (including phenoxy) is 2. The van der Waals surface area contributed by atoms with E-state index in [4.69, 9.17) is 9.47 Å². The number of nitrogens with zero attached hydrogens (tertiary/aromatic N) is 1. The minimum absolute atomic E-state index is 0.189. The average Bonchev–Trinajstić information content (AvgIpc) is 2.59. The van der Waals surface area contributed by atoms with E-state index in [1.54, 1.807) is 32.9 Å².